The van der Waals surface area contributed by atoms with E-state index in [-0.39, 0.29) is 59.4 Å². The van der Waals surface area contributed by atoms with Crippen molar-refractivity contribution in [1.82, 2.24) is 0 Å². The number of aryl methyl sites for hydroxylation is 8. The second kappa shape index (κ2) is 41.5. The molecule has 0 aliphatic carbocycles. The van der Waals surface area contributed by atoms with E-state index in [9.17, 15) is 0 Å². The van der Waals surface area contributed by atoms with Crippen molar-refractivity contribution in [3.8, 4) is 89.0 Å². The lowest BCUT2D eigenvalue weighted by atomic mass is 9.85. The van der Waals surface area contributed by atoms with E-state index in [1.54, 1.807) is 0 Å². The van der Waals surface area contributed by atoms with Gasteiger partial charge in [-0.25, -0.2) is 0 Å². The fourth-order valence-corrected chi connectivity index (χ4v) is 30.3. The van der Waals surface area contributed by atoms with Crippen LogP contribution in [0.4, 0.5) is 0 Å². The smallest absolute Gasteiger partial charge is 0.0437 e. The maximum absolute atomic E-state index is 2.44. The highest BCUT2D eigenvalue weighted by Crippen LogP contribution is 2.58. The van der Waals surface area contributed by atoms with Crippen LogP contribution in [0.5, 0.6) is 0 Å². The molecule has 28 rings (SSSR count). The highest BCUT2D eigenvalue weighted by Gasteiger charge is 2.29. The molecule has 8 heterocycles. The molecule has 0 N–H and O–H groups in total. The molecule has 0 aliphatic rings. The van der Waals surface area contributed by atoms with Gasteiger partial charge in [-0.3, -0.25) is 0 Å². The minimum atomic E-state index is 0. The largest absolute Gasteiger partial charge is 0.140 e. The van der Waals surface area contributed by atoms with Gasteiger partial charge in [0.1, 0.15) is 0 Å². The van der Waals surface area contributed by atoms with Crippen molar-refractivity contribution in [2.45, 2.75) is 115 Å². The summed E-state index contributed by atoms with van der Waals surface area (Å²) in [4.78, 5) is 10.8. The SMILES string of the molecule is C.C.C.C.C.C.C.C.Cc1cc2c(-c3c4ccccc4cc4ccccc34)c3sc(C)cc3c(-c3c4ccccc4cc4ccccc34)c2s1.Cc1cc2c(-c3ccc4ccccc4c3)c3sc(C)cc3c(-c3ccc4ccccc4c3)c2s1.Cc1cc2c(-c3cccc4ccccc34)c3sc(C)cc3c(-c3cccc4ccccc34)c2s1.Cc1cc2c(-c3ccccc3)c3sc(C)cc3c(-c3ccccc3)c2s1. The van der Waals surface area contributed by atoms with Gasteiger partial charge in [-0.1, -0.05) is 375 Å². The van der Waals surface area contributed by atoms with Gasteiger partial charge in [0.25, 0.3) is 0 Å². The Kier molecular flexibility index (Phi) is 29.3. The Bertz CT molecular complexity index is 8840. The van der Waals surface area contributed by atoms with Crippen LogP contribution in [0.25, 0.3) is 256 Å². The molecule has 28 aromatic rings. The quantitative estimate of drug-likeness (QED) is 0.133. The van der Waals surface area contributed by atoms with Crippen molar-refractivity contribution in [3.63, 3.8) is 0 Å². The Morgan fingerprint density at radius 2 is 0.319 bits per heavy atom. The van der Waals surface area contributed by atoms with E-state index in [2.05, 4.69) is 444 Å². The average Bonchev–Trinajstić information content (AvgIpc) is 1.36. The lowest BCUT2D eigenvalue weighted by Crippen LogP contribution is -1.91. The fourth-order valence-electron chi connectivity index (χ4n) is 21.6. The molecule has 0 saturated carbocycles. The van der Waals surface area contributed by atoms with Crippen LogP contribution in [0.2, 0.25) is 0 Å². The highest BCUT2D eigenvalue weighted by molar-refractivity contribution is 7.24. The summed E-state index contributed by atoms with van der Waals surface area (Å²) in [5.41, 5.74) is 21.6. The fraction of sp³-hybridized carbons (Fsp3) is 0.118. The van der Waals surface area contributed by atoms with E-state index >= 15 is 0 Å². The summed E-state index contributed by atoms with van der Waals surface area (Å²) in [7, 11) is 0. The highest BCUT2D eigenvalue weighted by atomic mass is 32.1. The summed E-state index contributed by atoms with van der Waals surface area (Å²) in [5.74, 6) is 0. The Morgan fingerprint density at radius 1 is 0.118 bits per heavy atom. The Hall–Kier alpha value is -13.8. The summed E-state index contributed by atoms with van der Waals surface area (Å²) in [6, 6.07) is 143. The van der Waals surface area contributed by atoms with E-state index in [1.165, 1.54) is 295 Å². The zero-order chi connectivity index (χ0) is 91.2. The standard InChI is InChI=1S/C40H26S2.2C32H22S2.C24H18S2.8CH4/c1-23-19-33-37(35-29-15-7-3-11-25(29)21-26-12-4-8-16-30(26)35)40-34(20-24(2)42-40)38(39(33)41-23)36-31-17-9-5-13-27(31)22-28-14-6-10-18-32(28)36;1-19-17-27-29(25-15-7-11-21-9-3-5-13-23(21)25)32-28(18-20(2)34-32)30(31(27)33-19)26-16-8-12-22-10-4-6-14-24(22)26;1-19-15-27-29(25-13-11-21-7-3-5-9-23(21)17-25)32-28(16-20(2)34-32)30(31(27)33-19)26-14-12-22-8-4-6-10-24(22)18-26;1-15-13-19-21(17-9-5-3-6-10-17)24-20(14-16(2)26-24)22(23(19)25-15)18-11-7-4-8-12-18;;;;;;;;/h3-22H,1-2H3;2*3-18H,1-2H3;3-14H,1-2H3;8*1H4. The third kappa shape index (κ3) is 17.5. The van der Waals surface area contributed by atoms with Gasteiger partial charge in [-0.2, -0.15) is 0 Å². The number of hydrogen-bond donors (Lipinski definition) is 0. The van der Waals surface area contributed by atoms with Gasteiger partial charge >= 0.3 is 0 Å². The third-order valence-electron chi connectivity index (χ3n) is 27.2. The molecule has 0 atom stereocenters. The second-order valence-electron chi connectivity index (χ2n) is 36.1. The molecule has 712 valence electrons. The van der Waals surface area contributed by atoms with Crippen molar-refractivity contribution >= 4 is 258 Å². The molecule has 0 bridgehead atoms. The molecular weight excluding hydrogens is 1890 g/mol. The minimum absolute atomic E-state index is 0. The minimum Gasteiger partial charge on any atom is -0.140 e. The summed E-state index contributed by atoms with van der Waals surface area (Å²) < 4.78 is 11.1. The van der Waals surface area contributed by atoms with Crippen molar-refractivity contribution in [1.29, 1.82) is 0 Å². The van der Waals surface area contributed by atoms with Gasteiger partial charge in [-0.05, 0) is 259 Å². The molecule has 0 aliphatic heterocycles. The molecule has 8 aromatic heterocycles. The molecule has 0 fully saturated rings. The van der Waals surface area contributed by atoms with Gasteiger partial charge in [-0.15, -0.1) is 90.7 Å². The number of hydrogen-bond acceptors (Lipinski definition) is 8. The lowest BCUT2D eigenvalue weighted by molar-refractivity contribution is 1.64. The molecule has 0 nitrogen and oxygen atoms in total. The molecule has 0 saturated heterocycles. The van der Waals surface area contributed by atoms with Crippen LogP contribution in [-0.4, -0.2) is 0 Å². The predicted molar refractivity (Wildman–Crippen MR) is 664 cm³/mol. The van der Waals surface area contributed by atoms with Crippen LogP contribution >= 0.6 is 90.7 Å². The van der Waals surface area contributed by atoms with Crippen molar-refractivity contribution in [2.75, 3.05) is 0 Å². The number of rotatable bonds is 8. The van der Waals surface area contributed by atoms with Crippen LogP contribution in [0.15, 0.2) is 388 Å². The summed E-state index contributed by atoms with van der Waals surface area (Å²) in [6.45, 7) is 17.9. The van der Waals surface area contributed by atoms with Gasteiger partial charge in [0.05, 0.1) is 0 Å². The molecule has 144 heavy (non-hydrogen) atoms. The number of fused-ring (bicyclic) bond motifs is 16. The summed E-state index contributed by atoms with van der Waals surface area (Å²) >= 11 is 15.4. The second-order valence-corrected chi connectivity index (χ2v) is 46.1. The molecule has 8 heteroatoms. The van der Waals surface area contributed by atoms with E-state index < -0.39 is 0 Å². The van der Waals surface area contributed by atoms with E-state index in [0.29, 0.717) is 0 Å². The molecule has 0 spiro atoms. The van der Waals surface area contributed by atoms with Crippen molar-refractivity contribution in [2.24, 2.45) is 0 Å². The van der Waals surface area contributed by atoms with E-state index in [0.717, 1.165) is 0 Å². The average molecular weight is 2010 g/mol. The zero-order valence-corrected chi connectivity index (χ0v) is 82.7. The maximum Gasteiger partial charge on any atom is 0.0437 e. The Labute approximate surface area is 880 Å². The van der Waals surface area contributed by atoms with Crippen LogP contribution < -0.4 is 0 Å². The first kappa shape index (κ1) is 102. The Morgan fingerprint density at radius 3 is 0.604 bits per heavy atom. The van der Waals surface area contributed by atoms with Crippen LogP contribution in [-0.2, 0) is 0 Å². The number of benzene rings is 20. The Balaban J connectivity index is 0.000000131. The van der Waals surface area contributed by atoms with Gasteiger partial charge < -0.3 is 0 Å². The molecule has 0 unspecified atom stereocenters. The summed E-state index contributed by atoms with van der Waals surface area (Å²) in [6.07, 6.45) is 0. The first-order valence-electron chi connectivity index (χ1n) is 46.4. The lowest BCUT2D eigenvalue weighted by Gasteiger charge is -2.18. The van der Waals surface area contributed by atoms with Crippen LogP contribution in [0.3, 0.4) is 0 Å². The first-order chi connectivity index (χ1) is 66.7. The van der Waals surface area contributed by atoms with Crippen molar-refractivity contribution < 1.29 is 0 Å². The predicted octanol–water partition coefficient (Wildman–Crippen LogP) is 46.6. The van der Waals surface area contributed by atoms with Gasteiger partial charge in [0.15, 0.2) is 0 Å². The molecule has 0 amide bonds. The third-order valence-corrected chi connectivity index (χ3v) is 35.7. The first-order valence-corrected chi connectivity index (χ1v) is 53.0. The molecule has 20 aromatic carbocycles. The normalized spacial score (nSPS) is 11.2. The number of thiophene rings is 8. The van der Waals surface area contributed by atoms with Crippen LogP contribution in [0.1, 0.15) is 98.4 Å². The molecular formula is C136H120S8. The molecule has 0 radical (unpaired) electrons. The van der Waals surface area contributed by atoms with E-state index in [4.69, 9.17) is 0 Å². The van der Waals surface area contributed by atoms with Crippen LogP contribution in [0, 0.1) is 55.4 Å². The summed E-state index contributed by atoms with van der Waals surface area (Å²) in [5, 5.41) is 31.8. The van der Waals surface area contributed by atoms with E-state index in [1.807, 2.05) is 90.7 Å². The van der Waals surface area contributed by atoms with Gasteiger partial charge in [0, 0.05) is 164 Å². The zero-order valence-electron chi connectivity index (χ0n) is 76.2. The topological polar surface area (TPSA) is 0 Å². The maximum atomic E-state index is 2.44. The van der Waals surface area contributed by atoms with Gasteiger partial charge in [0.2, 0.25) is 0 Å². The monoisotopic (exact) mass is 2010 g/mol. The van der Waals surface area contributed by atoms with Crippen molar-refractivity contribution in [3.05, 3.63) is 427 Å².